The highest BCUT2D eigenvalue weighted by molar-refractivity contribution is 6.04. The van der Waals surface area contributed by atoms with Gasteiger partial charge in [-0.05, 0) is 35.7 Å². The van der Waals surface area contributed by atoms with Gasteiger partial charge in [-0.1, -0.05) is 19.1 Å². The van der Waals surface area contributed by atoms with Crippen molar-refractivity contribution >= 4 is 17.5 Å². The standard InChI is InChI=1S/C23H26N6O3/c1-15(8-21-27-25-14-28(21)2)17-4-3-5-19(9-17)26-22(31)20-10-18(6-7-24-20)23(32)29-11-16(12-29)13-30/h3-7,9-10,14-16,30H,8,11-13H2,1-2H3,(H,26,31)/t15-/m1/s1. The van der Waals surface area contributed by atoms with Crippen LogP contribution < -0.4 is 5.32 Å². The van der Waals surface area contributed by atoms with Gasteiger partial charge in [0.25, 0.3) is 11.8 Å². The van der Waals surface area contributed by atoms with E-state index >= 15 is 0 Å². The third kappa shape index (κ3) is 4.67. The van der Waals surface area contributed by atoms with E-state index in [0.717, 1.165) is 17.8 Å². The molecule has 0 bridgehead atoms. The van der Waals surface area contributed by atoms with Crippen LogP contribution in [0.3, 0.4) is 0 Å². The second-order valence-corrected chi connectivity index (χ2v) is 8.23. The molecule has 1 aliphatic rings. The summed E-state index contributed by atoms with van der Waals surface area (Å²) in [5.41, 5.74) is 2.31. The molecule has 0 aliphatic carbocycles. The van der Waals surface area contributed by atoms with Crippen LogP contribution in [0.1, 0.15) is 45.1 Å². The Kier molecular flexibility index (Phi) is 6.27. The molecule has 2 N–H and O–H groups in total. The number of pyridine rings is 1. The Hall–Kier alpha value is -3.59. The number of aliphatic hydroxyl groups is 1. The second kappa shape index (κ2) is 9.27. The third-order valence-electron chi connectivity index (χ3n) is 5.75. The van der Waals surface area contributed by atoms with Crippen LogP contribution in [0.25, 0.3) is 0 Å². The maximum absolute atomic E-state index is 12.8. The largest absolute Gasteiger partial charge is 0.396 e. The Morgan fingerprint density at radius 2 is 2.06 bits per heavy atom. The van der Waals surface area contributed by atoms with Crippen molar-refractivity contribution in [1.82, 2.24) is 24.6 Å². The summed E-state index contributed by atoms with van der Waals surface area (Å²) >= 11 is 0. The van der Waals surface area contributed by atoms with Crippen LogP contribution in [0.2, 0.25) is 0 Å². The van der Waals surface area contributed by atoms with Crippen molar-refractivity contribution in [2.45, 2.75) is 19.3 Å². The average Bonchev–Trinajstić information content (AvgIpc) is 3.17. The molecule has 1 fully saturated rings. The highest BCUT2D eigenvalue weighted by Gasteiger charge is 2.30. The van der Waals surface area contributed by atoms with Crippen LogP contribution in [0.15, 0.2) is 48.9 Å². The summed E-state index contributed by atoms with van der Waals surface area (Å²) in [4.78, 5) is 31.1. The molecule has 0 spiro atoms. The zero-order chi connectivity index (χ0) is 22.7. The van der Waals surface area contributed by atoms with Gasteiger partial charge in [-0.15, -0.1) is 10.2 Å². The van der Waals surface area contributed by atoms with E-state index in [1.165, 1.54) is 12.3 Å². The van der Waals surface area contributed by atoms with Crippen molar-refractivity contribution in [3.05, 3.63) is 71.6 Å². The van der Waals surface area contributed by atoms with Gasteiger partial charge < -0.3 is 19.9 Å². The fourth-order valence-electron chi connectivity index (χ4n) is 3.72. The lowest BCUT2D eigenvalue weighted by molar-refractivity contribution is 0.0362. The third-order valence-corrected chi connectivity index (χ3v) is 5.75. The van der Waals surface area contributed by atoms with Gasteiger partial charge in [0.05, 0.1) is 0 Å². The summed E-state index contributed by atoms with van der Waals surface area (Å²) in [6.07, 6.45) is 3.87. The molecule has 166 valence electrons. The van der Waals surface area contributed by atoms with Gasteiger partial charge >= 0.3 is 0 Å². The minimum absolute atomic E-state index is 0.0735. The van der Waals surface area contributed by atoms with Gasteiger partial charge in [-0.2, -0.15) is 0 Å². The number of aromatic nitrogens is 4. The topological polar surface area (TPSA) is 113 Å². The van der Waals surface area contributed by atoms with Crippen molar-refractivity contribution in [2.75, 3.05) is 25.0 Å². The predicted molar refractivity (Wildman–Crippen MR) is 118 cm³/mol. The van der Waals surface area contributed by atoms with E-state index in [2.05, 4.69) is 27.4 Å². The van der Waals surface area contributed by atoms with E-state index in [1.54, 1.807) is 17.3 Å². The fraction of sp³-hybridized carbons (Fsp3) is 0.348. The summed E-state index contributed by atoms with van der Waals surface area (Å²) in [5.74, 6) is 0.672. The molecule has 9 heteroatoms. The Labute approximate surface area is 186 Å². The fourth-order valence-corrected chi connectivity index (χ4v) is 3.72. The quantitative estimate of drug-likeness (QED) is 0.587. The molecule has 32 heavy (non-hydrogen) atoms. The number of rotatable bonds is 7. The maximum Gasteiger partial charge on any atom is 0.274 e. The van der Waals surface area contributed by atoms with E-state index in [-0.39, 0.29) is 36.0 Å². The summed E-state index contributed by atoms with van der Waals surface area (Å²) in [6, 6.07) is 10.8. The molecule has 2 aromatic heterocycles. The van der Waals surface area contributed by atoms with Crippen molar-refractivity contribution in [3.63, 3.8) is 0 Å². The molecule has 4 rings (SSSR count). The average molecular weight is 435 g/mol. The van der Waals surface area contributed by atoms with E-state index < -0.39 is 0 Å². The molecule has 1 saturated heterocycles. The number of anilines is 1. The molecule has 0 radical (unpaired) electrons. The molecule has 2 amide bonds. The number of nitrogens with one attached hydrogen (secondary N) is 1. The van der Waals surface area contributed by atoms with Crippen LogP contribution in [0, 0.1) is 5.92 Å². The van der Waals surface area contributed by atoms with Crippen LogP contribution in [-0.2, 0) is 13.5 Å². The molecule has 9 nitrogen and oxygen atoms in total. The van der Waals surface area contributed by atoms with Gasteiger partial charge in [0, 0.05) is 56.5 Å². The van der Waals surface area contributed by atoms with Crippen LogP contribution in [-0.4, -0.2) is 61.3 Å². The predicted octanol–water partition coefficient (Wildman–Crippen LogP) is 1.87. The Balaban J connectivity index is 1.42. The summed E-state index contributed by atoms with van der Waals surface area (Å²) in [7, 11) is 1.91. The van der Waals surface area contributed by atoms with Gasteiger partial charge in [-0.25, -0.2) is 0 Å². The Bertz CT molecular complexity index is 1120. The minimum atomic E-state index is -0.380. The first-order chi connectivity index (χ1) is 15.4. The maximum atomic E-state index is 12.8. The number of hydrogen-bond acceptors (Lipinski definition) is 6. The number of likely N-dealkylation sites (tertiary alicyclic amines) is 1. The van der Waals surface area contributed by atoms with E-state index in [4.69, 9.17) is 5.11 Å². The molecule has 1 atom stereocenters. The first kappa shape index (κ1) is 21.6. The first-order valence-corrected chi connectivity index (χ1v) is 10.5. The molecular formula is C23H26N6O3. The minimum Gasteiger partial charge on any atom is -0.396 e. The van der Waals surface area contributed by atoms with Gasteiger partial charge in [0.15, 0.2) is 0 Å². The molecule has 3 aromatic rings. The molecule has 1 aliphatic heterocycles. The van der Waals surface area contributed by atoms with Crippen molar-refractivity contribution in [2.24, 2.45) is 13.0 Å². The number of aryl methyl sites for hydroxylation is 1. The van der Waals surface area contributed by atoms with Gasteiger partial charge in [-0.3, -0.25) is 14.6 Å². The first-order valence-electron chi connectivity index (χ1n) is 10.5. The normalized spacial score (nSPS) is 14.7. The highest BCUT2D eigenvalue weighted by atomic mass is 16.3. The number of aliphatic hydroxyl groups excluding tert-OH is 1. The zero-order valence-electron chi connectivity index (χ0n) is 18.1. The summed E-state index contributed by atoms with van der Waals surface area (Å²) < 4.78 is 1.90. The van der Waals surface area contributed by atoms with E-state index in [1.807, 2.05) is 35.9 Å². The number of nitrogens with zero attached hydrogens (tertiary/aromatic N) is 5. The smallest absolute Gasteiger partial charge is 0.274 e. The highest BCUT2D eigenvalue weighted by Crippen LogP contribution is 2.23. The van der Waals surface area contributed by atoms with E-state index in [0.29, 0.717) is 24.3 Å². The summed E-state index contributed by atoms with van der Waals surface area (Å²) in [6.45, 7) is 3.23. The lowest BCUT2D eigenvalue weighted by Gasteiger charge is -2.38. The van der Waals surface area contributed by atoms with Gasteiger partial charge in [0.2, 0.25) is 0 Å². The van der Waals surface area contributed by atoms with Crippen molar-refractivity contribution in [1.29, 1.82) is 0 Å². The van der Waals surface area contributed by atoms with Crippen molar-refractivity contribution in [3.8, 4) is 0 Å². The Morgan fingerprint density at radius 3 is 2.78 bits per heavy atom. The molecular weight excluding hydrogens is 408 g/mol. The summed E-state index contributed by atoms with van der Waals surface area (Å²) in [5, 5.41) is 20.1. The number of carbonyl (C=O) groups is 2. The van der Waals surface area contributed by atoms with Gasteiger partial charge in [0.1, 0.15) is 17.8 Å². The monoisotopic (exact) mass is 434 g/mol. The number of carbonyl (C=O) groups excluding carboxylic acids is 2. The SMILES string of the molecule is C[C@H](Cc1nncn1C)c1cccc(NC(=O)c2cc(C(=O)N3CC(CO)C3)ccn2)c1. The lowest BCUT2D eigenvalue weighted by Crippen LogP contribution is -2.51. The van der Waals surface area contributed by atoms with E-state index in [9.17, 15) is 9.59 Å². The number of benzene rings is 1. The lowest BCUT2D eigenvalue weighted by atomic mass is 9.97. The molecule has 0 saturated carbocycles. The number of amides is 2. The number of hydrogen-bond donors (Lipinski definition) is 2. The molecule has 3 heterocycles. The van der Waals surface area contributed by atoms with Crippen LogP contribution in [0.4, 0.5) is 5.69 Å². The van der Waals surface area contributed by atoms with Crippen molar-refractivity contribution < 1.29 is 14.7 Å². The Morgan fingerprint density at radius 1 is 1.25 bits per heavy atom. The zero-order valence-corrected chi connectivity index (χ0v) is 18.1. The van der Waals surface area contributed by atoms with Crippen LogP contribution >= 0.6 is 0 Å². The molecule has 1 aromatic carbocycles. The second-order valence-electron chi connectivity index (χ2n) is 8.23. The molecule has 0 unspecified atom stereocenters. The van der Waals surface area contributed by atoms with Crippen LogP contribution in [0.5, 0.6) is 0 Å².